The van der Waals surface area contributed by atoms with Crippen molar-refractivity contribution in [2.24, 2.45) is 5.41 Å². The topological polar surface area (TPSA) is 55.8 Å². The van der Waals surface area contributed by atoms with E-state index in [1.54, 1.807) is 30.3 Å². The first-order valence-electron chi connectivity index (χ1n) is 5.51. The molecule has 92 valence electrons. The highest BCUT2D eigenvalue weighted by Gasteiger charge is 2.53. The number of ether oxygens (including phenoxy) is 2. The molecule has 1 aromatic rings. The molecule has 0 bridgehead atoms. The summed E-state index contributed by atoms with van der Waals surface area (Å²) in [5.74, 6) is -2.75. The molecule has 0 aromatic heterocycles. The van der Waals surface area contributed by atoms with Gasteiger partial charge in [-0.2, -0.15) is 0 Å². The highest BCUT2D eigenvalue weighted by molar-refractivity contribution is 5.80. The normalized spacial score (nSPS) is 29.2. The smallest absolute Gasteiger partial charge is 0.374 e. The second-order valence-electron chi connectivity index (χ2n) is 5.23. The Balaban J connectivity index is 2.32. The van der Waals surface area contributed by atoms with Gasteiger partial charge in [-0.15, -0.1) is 0 Å². The maximum Gasteiger partial charge on any atom is 0.374 e. The van der Waals surface area contributed by atoms with E-state index in [1.165, 1.54) is 0 Å². The first-order valence-corrected chi connectivity index (χ1v) is 5.51. The first-order chi connectivity index (χ1) is 7.84. The minimum atomic E-state index is -1.99. The van der Waals surface area contributed by atoms with E-state index in [-0.39, 0.29) is 5.41 Å². The first kappa shape index (κ1) is 12.1. The monoisotopic (exact) mass is 236 g/mol. The van der Waals surface area contributed by atoms with Crippen molar-refractivity contribution in [1.82, 2.24) is 0 Å². The third-order valence-electron chi connectivity index (χ3n) is 2.64. The zero-order valence-electron chi connectivity index (χ0n) is 10.1. The van der Waals surface area contributed by atoms with Gasteiger partial charge in [0.1, 0.15) is 0 Å². The summed E-state index contributed by atoms with van der Waals surface area (Å²) in [6.07, 6.45) is -0.750. The average molecular weight is 236 g/mol. The van der Waals surface area contributed by atoms with Crippen molar-refractivity contribution in [2.75, 3.05) is 0 Å². The van der Waals surface area contributed by atoms with Crippen molar-refractivity contribution < 1.29 is 19.4 Å². The number of hydrogen-bond acceptors (Lipinski definition) is 4. The van der Waals surface area contributed by atoms with Crippen LogP contribution in [0.3, 0.4) is 0 Å². The molecule has 1 saturated heterocycles. The quantitative estimate of drug-likeness (QED) is 0.755. The number of esters is 1. The highest BCUT2D eigenvalue weighted by Crippen LogP contribution is 2.38. The van der Waals surface area contributed by atoms with Gasteiger partial charge in [0.2, 0.25) is 6.29 Å². The second kappa shape index (κ2) is 3.82. The molecule has 1 fully saturated rings. The van der Waals surface area contributed by atoms with Gasteiger partial charge in [0, 0.05) is 11.0 Å². The summed E-state index contributed by atoms with van der Waals surface area (Å²) in [5, 5.41) is 10.3. The molecular formula is C13H16O4. The Morgan fingerprint density at radius 3 is 2.29 bits per heavy atom. The van der Waals surface area contributed by atoms with Crippen molar-refractivity contribution in [3.05, 3.63) is 35.9 Å². The van der Waals surface area contributed by atoms with Gasteiger partial charge in [0.15, 0.2) is 0 Å². The number of rotatable bonds is 1. The van der Waals surface area contributed by atoms with E-state index in [0.717, 1.165) is 0 Å². The van der Waals surface area contributed by atoms with Gasteiger partial charge >= 0.3 is 5.97 Å². The summed E-state index contributed by atoms with van der Waals surface area (Å²) in [6.45, 7) is 5.63. The van der Waals surface area contributed by atoms with E-state index in [2.05, 4.69) is 0 Å². The summed E-state index contributed by atoms with van der Waals surface area (Å²) in [5.41, 5.74) is 0.00584. The van der Waals surface area contributed by atoms with Crippen LogP contribution in [-0.4, -0.2) is 17.4 Å². The molecule has 17 heavy (non-hydrogen) atoms. The van der Waals surface area contributed by atoms with E-state index in [4.69, 9.17) is 9.47 Å². The van der Waals surface area contributed by atoms with Crippen LogP contribution in [0.1, 0.15) is 26.3 Å². The Bertz CT molecular complexity index is 421. The Morgan fingerprint density at radius 2 is 1.82 bits per heavy atom. The van der Waals surface area contributed by atoms with Gasteiger partial charge in [-0.05, 0) is 0 Å². The third kappa shape index (κ3) is 2.06. The SMILES string of the molecule is CC(C)(C)C1OC(=O)[C@@](O)(c2ccccc2)O1. The number of aliphatic hydroxyl groups is 1. The van der Waals surface area contributed by atoms with Crippen molar-refractivity contribution in [3.8, 4) is 0 Å². The molecular weight excluding hydrogens is 220 g/mol. The molecule has 0 spiro atoms. The van der Waals surface area contributed by atoms with Crippen molar-refractivity contribution in [2.45, 2.75) is 32.8 Å². The standard InChI is InChI=1S/C13H16O4/c1-12(2,3)11-16-10(14)13(15,17-11)9-7-5-4-6-8-9/h4-8,11,15H,1-3H3/t11?,13-/m1/s1. The van der Waals surface area contributed by atoms with Gasteiger partial charge in [-0.25, -0.2) is 4.79 Å². The fraction of sp³-hybridized carbons (Fsp3) is 0.462. The summed E-state index contributed by atoms with van der Waals surface area (Å²) in [4.78, 5) is 11.8. The van der Waals surface area contributed by atoms with Crippen LogP contribution in [0.25, 0.3) is 0 Å². The zero-order valence-corrected chi connectivity index (χ0v) is 10.1. The molecule has 1 aromatic carbocycles. The molecule has 2 atom stereocenters. The molecule has 0 saturated carbocycles. The van der Waals surface area contributed by atoms with Crippen LogP contribution in [0.4, 0.5) is 0 Å². The fourth-order valence-electron chi connectivity index (χ4n) is 1.61. The van der Waals surface area contributed by atoms with Crippen LogP contribution in [0, 0.1) is 5.41 Å². The Labute approximate surface area is 100 Å². The maximum absolute atomic E-state index is 11.8. The zero-order chi connectivity index (χ0) is 12.7. The molecule has 0 aliphatic carbocycles. The largest absolute Gasteiger partial charge is 0.431 e. The van der Waals surface area contributed by atoms with Crippen LogP contribution in [0.15, 0.2) is 30.3 Å². The lowest BCUT2D eigenvalue weighted by Gasteiger charge is -2.25. The van der Waals surface area contributed by atoms with Gasteiger partial charge in [-0.1, -0.05) is 51.1 Å². The number of hydrogen-bond donors (Lipinski definition) is 1. The number of carbonyl (C=O) groups excluding carboxylic acids is 1. The lowest BCUT2D eigenvalue weighted by molar-refractivity contribution is -0.224. The predicted octanol–water partition coefficient (Wildman–Crippen LogP) is 1.78. The predicted molar refractivity (Wildman–Crippen MR) is 60.8 cm³/mol. The van der Waals surface area contributed by atoms with E-state index in [9.17, 15) is 9.90 Å². The molecule has 1 heterocycles. The highest BCUT2D eigenvalue weighted by atomic mass is 16.8. The molecule has 4 nitrogen and oxygen atoms in total. The Morgan fingerprint density at radius 1 is 1.24 bits per heavy atom. The minimum absolute atomic E-state index is 0.380. The number of benzene rings is 1. The summed E-state index contributed by atoms with van der Waals surface area (Å²) in [7, 11) is 0. The van der Waals surface area contributed by atoms with Crippen molar-refractivity contribution in [1.29, 1.82) is 0 Å². The Kier molecular flexibility index (Phi) is 2.72. The summed E-state index contributed by atoms with van der Waals surface area (Å²) >= 11 is 0. The molecule has 0 radical (unpaired) electrons. The molecule has 1 unspecified atom stereocenters. The summed E-state index contributed by atoms with van der Waals surface area (Å²) < 4.78 is 10.5. The fourth-order valence-corrected chi connectivity index (χ4v) is 1.61. The molecule has 0 amide bonds. The molecule has 1 aliphatic heterocycles. The van der Waals surface area contributed by atoms with Crippen LogP contribution >= 0.6 is 0 Å². The molecule has 4 heteroatoms. The van der Waals surface area contributed by atoms with Gasteiger partial charge in [0.05, 0.1) is 0 Å². The molecule has 1 aliphatic rings. The van der Waals surface area contributed by atoms with Crippen LogP contribution in [0.5, 0.6) is 0 Å². The molecule has 2 rings (SSSR count). The summed E-state index contributed by atoms with van der Waals surface area (Å²) in [6, 6.07) is 8.52. The van der Waals surface area contributed by atoms with Gasteiger partial charge in [0.25, 0.3) is 5.79 Å². The van der Waals surface area contributed by atoms with Crippen LogP contribution in [0.2, 0.25) is 0 Å². The Hall–Kier alpha value is -1.39. The van der Waals surface area contributed by atoms with E-state index in [0.29, 0.717) is 5.56 Å². The van der Waals surface area contributed by atoms with Crippen molar-refractivity contribution in [3.63, 3.8) is 0 Å². The lowest BCUT2D eigenvalue weighted by Crippen LogP contribution is -2.34. The van der Waals surface area contributed by atoms with E-state index in [1.807, 2.05) is 20.8 Å². The third-order valence-corrected chi connectivity index (χ3v) is 2.64. The average Bonchev–Trinajstić information content (AvgIpc) is 2.58. The van der Waals surface area contributed by atoms with Crippen LogP contribution < -0.4 is 0 Å². The lowest BCUT2D eigenvalue weighted by atomic mass is 9.96. The van der Waals surface area contributed by atoms with Crippen LogP contribution in [-0.2, 0) is 20.1 Å². The van der Waals surface area contributed by atoms with E-state index < -0.39 is 18.0 Å². The number of cyclic esters (lactones) is 1. The van der Waals surface area contributed by atoms with Gasteiger partial charge < -0.3 is 9.84 Å². The van der Waals surface area contributed by atoms with Gasteiger partial charge in [-0.3, -0.25) is 4.74 Å². The molecule has 1 N–H and O–H groups in total. The second-order valence-corrected chi connectivity index (χ2v) is 5.23. The minimum Gasteiger partial charge on any atom is -0.431 e. The van der Waals surface area contributed by atoms with E-state index >= 15 is 0 Å². The maximum atomic E-state index is 11.8. The number of carbonyl (C=O) groups is 1. The van der Waals surface area contributed by atoms with Crippen molar-refractivity contribution >= 4 is 5.97 Å².